The van der Waals surface area contributed by atoms with Crippen LogP contribution in [0.2, 0.25) is 0 Å². The highest BCUT2D eigenvalue weighted by Gasteiger charge is 2.35. The van der Waals surface area contributed by atoms with Gasteiger partial charge in [0.1, 0.15) is 0 Å². The fourth-order valence-electron chi connectivity index (χ4n) is 4.96. The average Bonchev–Trinajstić information content (AvgIpc) is 3.12. The van der Waals surface area contributed by atoms with Crippen LogP contribution in [0, 0.1) is 0 Å². The van der Waals surface area contributed by atoms with Gasteiger partial charge in [0.15, 0.2) is 23.0 Å². The molecule has 2 aromatic carbocycles. The first-order valence-electron chi connectivity index (χ1n) is 18.7. The number of esters is 2. The first kappa shape index (κ1) is 42.3. The summed E-state index contributed by atoms with van der Waals surface area (Å²) < 4.78 is 49.3. The molecule has 0 saturated carbocycles. The van der Waals surface area contributed by atoms with E-state index in [0.29, 0.717) is 62.6 Å². The summed E-state index contributed by atoms with van der Waals surface area (Å²) in [5.41, 5.74) is 0.792. The minimum atomic E-state index is -0.646. The Balaban J connectivity index is 3.26. The summed E-state index contributed by atoms with van der Waals surface area (Å²) in [6.45, 7) is 14.7. The van der Waals surface area contributed by atoms with E-state index in [9.17, 15) is 9.59 Å². The van der Waals surface area contributed by atoms with Gasteiger partial charge in [-0.05, 0) is 50.7 Å². The number of ether oxygens (including phenoxy) is 8. The van der Waals surface area contributed by atoms with Crippen LogP contribution in [0.1, 0.15) is 139 Å². The molecule has 0 fully saturated rings. The molecule has 0 N–H and O–H groups in total. The number of carbonyl (C=O) groups excluding carboxylic acids is 2. The lowest BCUT2D eigenvalue weighted by molar-refractivity contribution is 0.0588. The van der Waals surface area contributed by atoms with Crippen LogP contribution in [0.15, 0.2) is 12.1 Å². The van der Waals surface area contributed by atoms with Crippen molar-refractivity contribution in [2.45, 2.75) is 119 Å². The third kappa shape index (κ3) is 12.2. The Labute approximate surface area is 300 Å². The van der Waals surface area contributed by atoms with Crippen molar-refractivity contribution in [3.63, 3.8) is 0 Å². The second-order valence-corrected chi connectivity index (χ2v) is 12.1. The Bertz CT molecular complexity index is 1210. The molecule has 0 atom stereocenters. The number of rotatable bonds is 27. The van der Waals surface area contributed by atoms with Crippen molar-refractivity contribution < 1.29 is 47.5 Å². The topological polar surface area (TPSA) is 108 Å². The molecule has 2 rings (SSSR count). The third-order valence-electron chi connectivity index (χ3n) is 7.95. The molecule has 0 spiro atoms. The molecule has 10 heteroatoms. The van der Waals surface area contributed by atoms with Gasteiger partial charge < -0.3 is 37.9 Å². The lowest BCUT2D eigenvalue weighted by atomic mass is 9.91. The molecule has 50 heavy (non-hydrogen) atoms. The minimum absolute atomic E-state index is 0.123. The zero-order chi connectivity index (χ0) is 36.7. The maximum absolute atomic E-state index is 13.8. The molecule has 0 aliphatic carbocycles. The van der Waals surface area contributed by atoms with Crippen molar-refractivity contribution in [3.05, 3.63) is 23.3 Å². The smallest absolute Gasteiger partial charge is 0.338 e. The Morgan fingerprint density at radius 1 is 0.420 bits per heavy atom. The van der Waals surface area contributed by atoms with Crippen molar-refractivity contribution in [1.29, 1.82) is 0 Å². The summed E-state index contributed by atoms with van der Waals surface area (Å²) in [5, 5.41) is 0. The fourth-order valence-corrected chi connectivity index (χ4v) is 4.96. The number of hydrogen-bond donors (Lipinski definition) is 0. The molecule has 0 aliphatic heterocycles. The summed E-state index contributed by atoms with van der Waals surface area (Å²) >= 11 is 0. The molecule has 282 valence electrons. The normalized spacial score (nSPS) is 10.8. The second-order valence-electron chi connectivity index (χ2n) is 12.1. The summed E-state index contributed by atoms with van der Waals surface area (Å²) in [6.07, 6.45) is 10.0. The molecular weight excluding hydrogens is 640 g/mol. The van der Waals surface area contributed by atoms with Crippen LogP contribution in [0.25, 0.3) is 11.1 Å². The fraction of sp³-hybridized carbons (Fsp3) is 0.650. The van der Waals surface area contributed by atoms with E-state index in [4.69, 9.17) is 37.9 Å². The zero-order valence-electron chi connectivity index (χ0n) is 32.0. The standard InChI is InChI=1S/C40H62O10/c1-9-15-21-45-31-27-29(39(41)43-7)33(37(49-25-19-13-5)35(31)47-23-17-11-3)34-30(40(42)44-8)28-32(46-22-16-10-2)36(48-24-18-12-4)38(34)50-26-20-14-6/h27-28H,9-26H2,1-8H3. The van der Waals surface area contributed by atoms with Crippen molar-refractivity contribution in [2.75, 3.05) is 53.9 Å². The van der Waals surface area contributed by atoms with E-state index >= 15 is 0 Å². The molecular formula is C40H62O10. The molecule has 0 aliphatic rings. The molecule has 10 nitrogen and oxygen atoms in total. The zero-order valence-corrected chi connectivity index (χ0v) is 32.0. The van der Waals surface area contributed by atoms with Gasteiger partial charge in [-0.2, -0.15) is 0 Å². The van der Waals surface area contributed by atoms with Gasteiger partial charge >= 0.3 is 11.9 Å². The van der Waals surface area contributed by atoms with Gasteiger partial charge in [-0.25, -0.2) is 9.59 Å². The Morgan fingerprint density at radius 3 is 0.940 bits per heavy atom. The molecule has 0 aromatic heterocycles. The van der Waals surface area contributed by atoms with Gasteiger partial charge in [0, 0.05) is 11.1 Å². The van der Waals surface area contributed by atoms with Gasteiger partial charge in [-0.1, -0.05) is 80.1 Å². The minimum Gasteiger partial charge on any atom is -0.490 e. The van der Waals surface area contributed by atoms with E-state index in [0.717, 1.165) is 77.0 Å². The average molecular weight is 703 g/mol. The van der Waals surface area contributed by atoms with Gasteiger partial charge in [-0.15, -0.1) is 0 Å². The molecule has 0 amide bonds. The van der Waals surface area contributed by atoms with Crippen molar-refractivity contribution in [2.24, 2.45) is 0 Å². The SMILES string of the molecule is CCCCOc1cc(C(=O)OC)c(-c2c(C(=O)OC)cc(OCCCC)c(OCCCC)c2OCCCC)c(OCCCC)c1OCCCC. The first-order valence-corrected chi connectivity index (χ1v) is 18.7. The number of benzene rings is 2. The molecule has 0 heterocycles. The molecule has 2 aromatic rings. The quantitative estimate of drug-likeness (QED) is 0.0659. The van der Waals surface area contributed by atoms with E-state index in [1.165, 1.54) is 14.2 Å². The predicted molar refractivity (Wildman–Crippen MR) is 197 cm³/mol. The maximum atomic E-state index is 13.8. The second kappa shape index (κ2) is 24.3. The number of unbranched alkanes of at least 4 members (excludes halogenated alkanes) is 6. The summed E-state index contributed by atoms with van der Waals surface area (Å²) in [5.74, 6) is 0.637. The molecule has 0 bridgehead atoms. The lowest BCUT2D eigenvalue weighted by Gasteiger charge is -2.26. The molecule has 0 radical (unpaired) electrons. The van der Waals surface area contributed by atoms with Gasteiger partial charge in [0.25, 0.3) is 0 Å². The largest absolute Gasteiger partial charge is 0.490 e. The number of methoxy groups -OCH3 is 2. The predicted octanol–water partition coefficient (Wildman–Crippen LogP) is 10.0. The van der Waals surface area contributed by atoms with Crippen molar-refractivity contribution >= 4 is 11.9 Å². The Morgan fingerprint density at radius 2 is 0.680 bits per heavy atom. The van der Waals surface area contributed by atoms with E-state index in [2.05, 4.69) is 41.5 Å². The van der Waals surface area contributed by atoms with Crippen LogP contribution in [-0.2, 0) is 9.47 Å². The number of hydrogen-bond acceptors (Lipinski definition) is 10. The summed E-state index contributed by atoms with van der Waals surface area (Å²) in [6, 6.07) is 3.23. The van der Waals surface area contributed by atoms with E-state index < -0.39 is 11.9 Å². The van der Waals surface area contributed by atoms with Gasteiger partial charge in [0.2, 0.25) is 11.5 Å². The van der Waals surface area contributed by atoms with Crippen molar-refractivity contribution in [3.8, 4) is 45.6 Å². The number of carbonyl (C=O) groups is 2. The van der Waals surface area contributed by atoms with Crippen LogP contribution < -0.4 is 28.4 Å². The molecule has 0 unspecified atom stereocenters. The van der Waals surface area contributed by atoms with E-state index in [1.807, 2.05) is 0 Å². The molecule has 0 saturated heterocycles. The van der Waals surface area contributed by atoms with Crippen LogP contribution in [0.3, 0.4) is 0 Å². The van der Waals surface area contributed by atoms with Gasteiger partial charge in [-0.3, -0.25) is 0 Å². The Kier molecular flexibility index (Phi) is 20.6. The highest BCUT2D eigenvalue weighted by Crippen LogP contribution is 2.55. The highest BCUT2D eigenvalue weighted by molar-refractivity contribution is 6.08. The van der Waals surface area contributed by atoms with Crippen LogP contribution in [0.5, 0.6) is 34.5 Å². The van der Waals surface area contributed by atoms with E-state index in [-0.39, 0.29) is 33.8 Å². The first-order chi connectivity index (χ1) is 24.4. The summed E-state index contributed by atoms with van der Waals surface area (Å²) in [4.78, 5) is 27.6. The van der Waals surface area contributed by atoms with Crippen LogP contribution in [-0.4, -0.2) is 65.8 Å². The van der Waals surface area contributed by atoms with Crippen LogP contribution in [0.4, 0.5) is 0 Å². The van der Waals surface area contributed by atoms with E-state index in [1.54, 1.807) is 12.1 Å². The maximum Gasteiger partial charge on any atom is 0.338 e. The Hall–Kier alpha value is -3.82. The monoisotopic (exact) mass is 702 g/mol. The highest BCUT2D eigenvalue weighted by atomic mass is 16.6. The lowest BCUT2D eigenvalue weighted by Crippen LogP contribution is -2.15. The van der Waals surface area contributed by atoms with Gasteiger partial charge in [0.05, 0.1) is 65.0 Å². The van der Waals surface area contributed by atoms with Crippen molar-refractivity contribution in [1.82, 2.24) is 0 Å². The van der Waals surface area contributed by atoms with Crippen LogP contribution >= 0.6 is 0 Å². The third-order valence-corrected chi connectivity index (χ3v) is 7.95. The summed E-state index contributed by atoms with van der Waals surface area (Å²) in [7, 11) is 2.63.